The van der Waals surface area contributed by atoms with Crippen LogP contribution in [0.5, 0.6) is 0 Å². The van der Waals surface area contributed by atoms with Crippen LogP contribution in [0.25, 0.3) is 28.5 Å². The predicted molar refractivity (Wildman–Crippen MR) is 112 cm³/mol. The molecule has 0 spiro atoms. The summed E-state index contributed by atoms with van der Waals surface area (Å²) in [5.74, 6) is 2.29. The molecular weight excluding hydrogens is 330 g/mol. The third kappa shape index (κ3) is 3.50. The highest BCUT2D eigenvalue weighted by Crippen LogP contribution is 2.36. The fourth-order valence-electron chi connectivity index (χ4n) is 3.49. The monoisotopic (exact) mass is 355 g/mol. The van der Waals surface area contributed by atoms with E-state index in [4.69, 9.17) is 0 Å². The lowest BCUT2D eigenvalue weighted by molar-refractivity contribution is 0.294. The van der Waals surface area contributed by atoms with Gasteiger partial charge in [0.25, 0.3) is 0 Å². The maximum atomic E-state index is 4.54. The maximum Gasteiger partial charge on any atom is 0.168 e. The number of aromatic nitrogens is 3. The second-order valence-electron chi connectivity index (χ2n) is 8.11. The van der Waals surface area contributed by atoms with Crippen molar-refractivity contribution in [2.45, 2.75) is 27.2 Å². The summed E-state index contributed by atoms with van der Waals surface area (Å²) in [7, 11) is 0. The second kappa shape index (κ2) is 6.99. The zero-order valence-electron chi connectivity index (χ0n) is 16.1. The summed E-state index contributed by atoms with van der Waals surface area (Å²) in [6, 6.07) is 20.5. The molecule has 0 bridgehead atoms. The molecule has 1 heterocycles. The summed E-state index contributed by atoms with van der Waals surface area (Å²) in [5.41, 5.74) is 3.54. The number of allylic oxidation sites excluding steroid dienone is 4. The van der Waals surface area contributed by atoms with Crippen LogP contribution >= 0.6 is 0 Å². The van der Waals surface area contributed by atoms with Gasteiger partial charge in [-0.3, -0.25) is 4.57 Å². The molecule has 0 aliphatic heterocycles. The zero-order valence-corrected chi connectivity index (χ0v) is 16.1. The maximum absolute atomic E-state index is 4.54. The summed E-state index contributed by atoms with van der Waals surface area (Å²) >= 11 is 0. The predicted octanol–water partition coefficient (Wildman–Crippen LogP) is 6.08. The Kier molecular flexibility index (Phi) is 4.53. The number of hydrogen-bond acceptors (Lipinski definition) is 2. The molecule has 1 aliphatic carbocycles. The summed E-state index contributed by atoms with van der Waals surface area (Å²) < 4.78 is 2.18. The summed E-state index contributed by atoms with van der Waals surface area (Å²) in [6.45, 7) is 6.89. The minimum absolute atomic E-state index is 0.260. The van der Waals surface area contributed by atoms with E-state index >= 15 is 0 Å². The normalized spacial score (nSPS) is 17.0. The molecule has 0 saturated carbocycles. The Balaban J connectivity index is 1.82. The van der Waals surface area contributed by atoms with Crippen molar-refractivity contribution < 1.29 is 0 Å². The first kappa shape index (κ1) is 17.5. The van der Waals surface area contributed by atoms with E-state index in [2.05, 4.69) is 78.0 Å². The van der Waals surface area contributed by atoms with Crippen LogP contribution in [0.4, 0.5) is 0 Å². The molecule has 2 aromatic carbocycles. The average Bonchev–Trinajstić information content (AvgIpc) is 3.14. The van der Waals surface area contributed by atoms with Gasteiger partial charge in [-0.05, 0) is 23.8 Å². The standard InChI is InChI=1S/C24H25N3/c1-24(2,3)20-14-16-21(17-15-20)27-22(18-10-6-4-7-11-18)25-26-23(27)19-12-8-5-9-13-19/h4-14,16-17,20H,15H2,1-3H3. The quantitative estimate of drug-likeness (QED) is 0.570. The summed E-state index contributed by atoms with van der Waals surface area (Å²) in [5, 5.41) is 9.09. The largest absolute Gasteiger partial charge is 0.275 e. The molecule has 3 heteroatoms. The molecule has 1 aliphatic rings. The fourth-order valence-corrected chi connectivity index (χ4v) is 3.49. The van der Waals surface area contributed by atoms with Crippen LogP contribution < -0.4 is 0 Å². The molecular formula is C24H25N3. The molecule has 3 nitrogen and oxygen atoms in total. The van der Waals surface area contributed by atoms with Crippen LogP contribution in [0.1, 0.15) is 27.2 Å². The van der Waals surface area contributed by atoms with Gasteiger partial charge in [0.15, 0.2) is 11.6 Å². The molecule has 0 fully saturated rings. The van der Waals surface area contributed by atoms with Gasteiger partial charge in [0.05, 0.1) is 0 Å². The van der Waals surface area contributed by atoms with Gasteiger partial charge in [0.1, 0.15) is 0 Å². The van der Waals surface area contributed by atoms with Gasteiger partial charge in [-0.2, -0.15) is 0 Å². The van der Waals surface area contributed by atoms with E-state index in [9.17, 15) is 0 Å². The van der Waals surface area contributed by atoms with Crippen LogP contribution in [0.3, 0.4) is 0 Å². The Hall–Kier alpha value is -2.94. The molecule has 4 rings (SSSR count). The van der Waals surface area contributed by atoms with Crippen molar-refractivity contribution in [3.05, 3.63) is 78.9 Å². The molecule has 0 amide bonds. The Morgan fingerprint density at radius 1 is 0.815 bits per heavy atom. The molecule has 1 atom stereocenters. The molecule has 136 valence electrons. The van der Waals surface area contributed by atoms with Crippen molar-refractivity contribution in [3.63, 3.8) is 0 Å². The highest BCUT2D eigenvalue weighted by atomic mass is 15.3. The molecule has 0 radical (unpaired) electrons. The van der Waals surface area contributed by atoms with Crippen LogP contribution in [-0.4, -0.2) is 14.8 Å². The number of benzene rings is 2. The summed E-state index contributed by atoms with van der Waals surface area (Å²) in [6.07, 6.45) is 7.90. The lowest BCUT2D eigenvalue weighted by atomic mass is 9.77. The zero-order chi connectivity index (χ0) is 18.9. The Bertz CT molecular complexity index is 916. The van der Waals surface area contributed by atoms with E-state index in [0.717, 1.165) is 34.9 Å². The first-order valence-corrected chi connectivity index (χ1v) is 9.49. The topological polar surface area (TPSA) is 30.7 Å². The van der Waals surface area contributed by atoms with Gasteiger partial charge >= 0.3 is 0 Å². The molecule has 0 N–H and O–H groups in total. The minimum atomic E-state index is 0.260. The van der Waals surface area contributed by atoms with Crippen LogP contribution in [0.15, 0.2) is 78.9 Å². The van der Waals surface area contributed by atoms with Gasteiger partial charge in [-0.1, -0.05) is 93.6 Å². The average molecular weight is 355 g/mol. The number of rotatable bonds is 3. The van der Waals surface area contributed by atoms with Gasteiger partial charge in [-0.25, -0.2) is 0 Å². The Morgan fingerprint density at radius 3 is 1.74 bits per heavy atom. The third-order valence-corrected chi connectivity index (χ3v) is 5.18. The first-order chi connectivity index (χ1) is 13.0. The fraction of sp³-hybridized carbons (Fsp3) is 0.250. The first-order valence-electron chi connectivity index (χ1n) is 9.49. The van der Waals surface area contributed by atoms with E-state index in [1.54, 1.807) is 0 Å². The summed E-state index contributed by atoms with van der Waals surface area (Å²) in [4.78, 5) is 0. The van der Waals surface area contributed by atoms with Gasteiger partial charge in [-0.15, -0.1) is 10.2 Å². The SMILES string of the molecule is CC(C)(C)C1C=CC(n2c(-c3ccccc3)nnc2-c2ccccc2)=CC1. The number of hydrogen-bond donors (Lipinski definition) is 0. The van der Waals surface area contributed by atoms with Crippen molar-refractivity contribution in [1.29, 1.82) is 0 Å². The molecule has 1 aromatic heterocycles. The van der Waals surface area contributed by atoms with E-state index in [1.807, 2.05) is 36.4 Å². The van der Waals surface area contributed by atoms with Crippen LogP contribution in [0, 0.1) is 11.3 Å². The molecule has 1 unspecified atom stereocenters. The van der Waals surface area contributed by atoms with Crippen molar-refractivity contribution >= 4 is 5.70 Å². The lowest BCUT2D eigenvalue weighted by Crippen LogP contribution is -2.19. The van der Waals surface area contributed by atoms with Crippen molar-refractivity contribution in [1.82, 2.24) is 14.8 Å². The van der Waals surface area contributed by atoms with E-state index < -0.39 is 0 Å². The van der Waals surface area contributed by atoms with Crippen molar-refractivity contribution in [2.75, 3.05) is 0 Å². The highest BCUT2D eigenvalue weighted by molar-refractivity contribution is 5.74. The second-order valence-corrected chi connectivity index (χ2v) is 8.11. The van der Waals surface area contributed by atoms with Crippen molar-refractivity contribution in [2.24, 2.45) is 11.3 Å². The molecule has 0 saturated heterocycles. The minimum Gasteiger partial charge on any atom is -0.275 e. The van der Waals surface area contributed by atoms with Crippen molar-refractivity contribution in [3.8, 4) is 22.8 Å². The molecule has 27 heavy (non-hydrogen) atoms. The number of nitrogens with zero attached hydrogens (tertiary/aromatic N) is 3. The van der Waals surface area contributed by atoms with E-state index in [-0.39, 0.29) is 5.41 Å². The third-order valence-electron chi connectivity index (χ3n) is 5.18. The highest BCUT2D eigenvalue weighted by Gasteiger charge is 2.25. The smallest absolute Gasteiger partial charge is 0.168 e. The molecule has 3 aromatic rings. The van der Waals surface area contributed by atoms with Crippen LogP contribution in [0.2, 0.25) is 0 Å². The van der Waals surface area contributed by atoms with Gasteiger partial charge in [0, 0.05) is 16.8 Å². The van der Waals surface area contributed by atoms with Gasteiger partial charge in [0.2, 0.25) is 0 Å². The Morgan fingerprint density at radius 2 is 1.33 bits per heavy atom. The van der Waals surface area contributed by atoms with Gasteiger partial charge < -0.3 is 0 Å². The van der Waals surface area contributed by atoms with Crippen LogP contribution in [-0.2, 0) is 0 Å². The Labute approximate surface area is 161 Å². The van der Waals surface area contributed by atoms with E-state index in [1.165, 1.54) is 0 Å². The lowest BCUT2D eigenvalue weighted by Gasteiger charge is -2.29. The van der Waals surface area contributed by atoms with E-state index in [0.29, 0.717) is 5.92 Å².